The first-order chi connectivity index (χ1) is 18.5. The number of carbonyl (C=O) groups excluding carboxylic acids is 1. The number of nitrogens with one attached hydrogen (secondary N) is 1. The number of aliphatic carboxylic acids is 1. The second-order valence-electron chi connectivity index (χ2n) is 12.8. The molecule has 210 valence electrons. The Morgan fingerprint density at radius 3 is 2.59 bits per heavy atom. The highest BCUT2D eigenvalue weighted by atomic mass is 16.6. The maximum Gasteiger partial charge on any atom is 0.304 e. The molecule has 0 unspecified atom stereocenters. The van der Waals surface area contributed by atoms with Crippen LogP contribution in [-0.4, -0.2) is 46.6 Å². The molecule has 0 saturated heterocycles. The highest BCUT2D eigenvalue weighted by Gasteiger charge is 2.61. The molecule has 7 atom stereocenters. The first kappa shape index (κ1) is 27.6. The van der Waals surface area contributed by atoms with E-state index in [9.17, 15) is 19.8 Å². The monoisotopic (exact) mass is 534 g/mol. The zero-order valence-corrected chi connectivity index (χ0v) is 23.4. The van der Waals surface area contributed by atoms with Crippen LogP contribution in [0.2, 0.25) is 0 Å². The van der Waals surface area contributed by atoms with Crippen LogP contribution in [0.5, 0.6) is 0 Å². The number of carbonyl (C=O) groups is 2. The van der Waals surface area contributed by atoms with E-state index in [2.05, 4.69) is 36.5 Å². The van der Waals surface area contributed by atoms with E-state index in [1.807, 2.05) is 43.3 Å². The predicted molar refractivity (Wildman–Crippen MR) is 150 cm³/mol. The van der Waals surface area contributed by atoms with Crippen LogP contribution >= 0.6 is 0 Å². The van der Waals surface area contributed by atoms with Crippen molar-refractivity contribution >= 4 is 17.6 Å². The molecular formula is C32H42N2O5. The normalized spacial score (nSPS) is 36.8. The number of amides is 1. The van der Waals surface area contributed by atoms with Crippen molar-refractivity contribution in [1.82, 2.24) is 5.32 Å². The summed E-state index contributed by atoms with van der Waals surface area (Å²) >= 11 is 0. The van der Waals surface area contributed by atoms with Gasteiger partial charge in [0, 0.05) is 17.9 Å². The minimum Gasteiger partial charge on any atom is -0.481 e. The van der Waals surface area contributed by atoms with Crippen LogP contribution in [-0.2, 0) is 14.4 Å². The molecule has 3 saturated carbocycles. The first-order valence-electron chi connectivity index (χ1n) is 14.4. The molecule has 3 fully saturated rings. The van der Waals surface area contributed by atoms with Crippen LogP contribution in [0.3, 0.4) is 0 Å². The largest absolute Gasteiger partial charge is 0.481 e. The van der Waals surface area contributed by atoms with Crippen molar-refractivity contribution in [1.29, 1.82) is 0 Å². The van der Waals surface area contributed by atoms with Gasteiger partial charge in [0.05, 0.1) is 12.0 Å². The van der Waals surface area contributed by atoms with Gasteiger partial charge in [-0.05, 0) is 86.3 Å². The molecule has 0 aliphatic heterocycles. The Morgan fingerprint density at radius 1 is 1.10 bits per heavy atom. The van der Waals surface area contributed by atoms with E-state index >= 15 is 0 Å². The number of carboxylic acid groups (broad SMARTS) is 1. The maximum atomic E-state index is 12.4. The van der Waals surface area contributed by atoms with Gasteiger partial charge in [-0.15, -0.1) is 0 Å². The number of benzene rings is 1. The van der Waals surface area contributed by atoms with Crippen LogP contribution in [0.1, 0.15) is 77.2 Å². The van der Waals surface area contributed by atoms with Crippen LogP contribution in [0.15, 0.2) is 59.3 Å². The summed E-state index contributed by atoms with van der Waals surface area (Å²) in [6, 6.07) is 9.34. The number of rotatable bonds is 8. The highest BCUT2D eigenvalue weighted by molar-refractivity contribution is 6.05. The Bertz CT molecular complexity index is 1190. The summed E-state index contributed by atoms with van der Waals surface area (Å²) in [4.78, 5) is 29.1. The number of allylic oxidation sites excluding steroid dienone is 4. The Kier molecular flexibility index (Phi) is 7.49. The molecule has 1 amide bonds. The number of fused-ring (bicyclic) bond motifs is 5. The minimum absolute atomic E-state index is 0.00825. The van der Waals surface area contributed by atoms with Crippen LogP contribution in [0, 0.1) is 28.6 Å². The van der Waals surface area contributed by atoms with Gasteiger partial charge in [-0.2, -0.15) is 0 Å². The van der Waals surface area contributed by atoms with Crippen molar-refractivity contribution in [3.8, 4) is 0 Å². The molecule has 0 bridgehead atoms. The van der Waals surface area contributed by atoms with Gasteiger partial charge in [0.25, 0.3) is 5.91 Å². The molecule has 0 aromatic heterocycles. The third-order valence-corrected chi connectivity index (χ3v) is 10.7. The topological polar surface area (TPSA) is 108 Å². The van der Waals surface area contributed by atoms with Crippen LogP contribution < -0.4 is 5.32 Å². The van der Waals surface area contributed by atoms with Gasteiger partial charge >= 0.3 is 5.97 Å². The van der Waals surface area contributed by atoms with E-state index < -0.39 is 11.6 Å². The zero-order valence-electron chi connectivity index (χ0n) is 23.4. The molecule has 7 nitrogen and oxygen atoms in total. The van der Waals surface area contributed by atoms with Crippen molar-refractivity contribution in [3.63, 3.8) is 0 Å². The standard InChI is InChI=1S/C32H42N2O5/c1-30-14-11-24(34-39-20-28(35)33-19-22(17-29(36)37)21-7-5-4-6-8-21)18-23(30)9-10-25-26(30)12-15-31(2)27(25)13-16-32(31,3)38/h4-8,11,14,18,22,25-27,38H,9-10,12-13,15-17,19-20H2,1-3H3,(H,33,35)(H,36,37)/t22-,25+,26+,27-,30-,31-,32-/m0/s1. The molecule has 1 aromatic rings. The van der Waals surface area contributed by atoms with Gasteiger partial charge in [-0.1, -0.05) is 61.0 Å². The molecule has 1 aromatic carbocycles. The summed E-state index contributed by atoms with van der Waals surface area (Å²) in [5.74, 6) is 0.219. The predicted octanol–water partition coefficient (Wildman–Crippen LogP) is 5.22. The van der Waals surface area contributed by atoms with Crippen molar-refractivity contribution in [3.05, 3.63) is 59.7 Å². The fourth-order valence-electron chi connectivity index (χ4n) is 8.21. The van der Waals surface area contributed by atoms with Crippen molar-refractivity contribution in [2.75, 3.05) is 13.2 Å². The van der Waals surface area contributed by atoms with E-state index in [0.717, 1.165) is 44.1 Å². The van der Waals surface area contributed by atoms with Gasteiger partial charge < -0.3 is 20.4 Å². The van der Waals surface area contributed by atoms with Gasteiger partial charge in [-0.25, -0.2) is 0 Å². The quantitative estimate of drug-likeness (QED) is 0.396. The number of aliphatic hydroxyl groups is 1. The summed E-state index contributed by atoms with van der Waals surface area (Å²) in [5.41, 5.74) is 2.41. The number of hydrogen-bond donors (Lipinski definition) is 3. The summed E-state index contributed by atoms with van der Waals surface area (Å²) in [6.45, 7) is 6.71. The molecule has 0 radical (unpaired) electrons. The summed E-state index contributed by atoms with van der Waals surface area (Å²) in [7, 11) is 0. The number of hydrogen-bond acceptors (Lipinski definition) is 5. The second kappa shape index (κ2) is 10.6. The molecule has 5 rings (SSSR count). The average molecular weight is 535 g/mol. The molecule has 39 heavy (non-hydrogen) atoms. The van der Waals surface area contributed by atoms with Crippen molar-refractivity contribution in [2.45, 2.75) is 77.2 Å². The SMILES string of the molecule is C[C@]12C=CC(=NOCC(=O)NC[C@H](CC(=O)O)c3ccccc3)C=C1CC[C@@H]1[C@H]2CC[C@@]2(C)[C@H]1CC[C@]2(C)O. The Morgan fingerprint density at radius 2 is 1.85 bits per heavy atom. The van der Waals surface area contributed by atoms with Crippen LogP contribution in [0.25, 0.3) is 0 Å². The van der Waals surface area contributed by atoms with Gasteiger partial charge in [0.1, 0.15) is 5.71 Å². The lowest BCUT2D eigenvalue weighted by molar-refractivity contribution is -0.137. The second-order valence-corrected chi connectivity index (χ2v) is 12.8. The van der Waals surface area contributed by atoms with E-state index in [0.29, 0.717) is 23.5 Å². The molecule has 0 spiro atoms. The van der Waals surface area contributed by atoms with Gasteiger partial charge in [0.15, 0.2) is 6.61 Å². The van der Waals surface area contributed by atoms with E-state index in [1.54, 1.807) is 0 Å². The lowest BCUT2D eigenvalue weighted by Crippen LogP contribution is -2.53. The Balaban J connectivity index is 1.17. The summed E-state index contributed by atoms with van der Waals surface area (Å²) in [5, 5.41) is 27.4. The summed E-state index contributed by atoms with van der Waals surface area (Å²) < 4.78 is 0. The highest BCUT2D eigenvalue weighted by Crippen LogP contribution is 2.66. The maximum absolute atomic E-state index is 12.4. The van der Waals surface area contributed by atoms with E-state index in [-0.39, 0.29) is 42.2 Å². The molecule has 0 heterocycles. The smallest absolute Gasteiger partial charge is 0.304 e. The fourth-order valence-corrected chi connectivity index (χ4v) is 8.21. The third kappa shape index (κ3) is 5.18. The summed E-state index contributed by atoms with van der Waals surface area (Å²) in [6.07, 6.45) is 12.7. The lowest BCUT2D eigenvalue weighted by atomic mass is 9.47. The Hall–Kier alpha value is -2.93. The number of nitrogens with zero attached hydrogens (tertiary/aromatic N) is 1. The Labute approximate surface area is 231 Å². The number of carboxylic acids is 1. The molecule has 7 heteroatoms. The molecule has 4 aliphatic carbocycles. The molecule has 3 N–H and O–H groups in total. The zero-order chi connectivity index (χ0) is 27.8. The van der Waals surface area contributed by atoms with Gasteiger partial charge in [0.2, 0.25) is 0 Å². The number of oxime groups is 1. The van der Waals surface area contributed by atoms with E-state index in [4.69, 9.17) is 4.84 Å². The van der Waals surface area contributed by atoms with Gasteiger partial charge in [-0.3, -0.25) is 9.59 Å². The average Bonchev–Trinajstić information content (AvgIpc) is 3.15. The van der Waals surface area contributed by atoms with Crippen molar-refractivity contribution in [2.24, 2.45) is 33.7 Å². The molecular weight excluding hydrogens is 492 g/mol. The lowest BCUT2D eigenvalue weighted by Gasteiger charge is -2.58. The fraction of sp³-hybridized carbons (Fsp3) is 0.594. The minimum atomic E-state index is -0.906. The third-order valence-electron chi connectivity index (χ3n) is 10.7. The first-order valence-corrected chi connectivity index (χ1v) is 14.4. The van der Waals surface area contributed by atoms with E-state index in [1.165, 1.54) is 5.57 Å². The molecule has 4 aliphatic rings. The van der Waals surface area contributed by atoms with Crippen LogP contribution in [0.4, 0.5) is 0 Å². The van der Waals surface area contributed by atoms with Crippen molar-refractivity contribution < 1.29 is 24.6 Å².